The van der Waals surface area contributed by atoms with E-state index in [-0.39, 0.29) is 5.91 Å². The van der Waals surface area contributed by atoms with E-state index in [1.807, 2.05) is 91.1 Å². The second kappa shape index (κ2) is 8.08. The Morgan fingerprint density at radius 2 is 1.58 bits per heavy atom. The molecule has 0 aliphatic rings. The van der Waals surface area contributed by atoms with Gasteiger partial charge in [0.1, 0.15) is 0 Å². The van der Waals surface area contributed by atoms with Crippen LogP contribution in [0.5, 0.6) is 0 Å². The molecule has 0 unspecified atom stereocenters. The number of hydrogen-bond donors (Lipinski definition) is 2. The minimum Gasteiger partial charge on any atom is -0.339 e. The van der Waals surface area contributed by atoms with Gasteiger partial charge in [0.2, 0.25) is 0 Å². The topological polar surface area (TPSA) is 84.7 Å². The first-order valence-electron chi connectivity index (χ1n) is 9.76. The molecule has 2 heterocycles. The van der Waals surface area contributed by atoms with Crippen molar-refractivity contribution in [3.05, 3.63) is 103 Å². The van der Waals surface area contributed by atoms with E-state index in [4.69, 9.17) is 0 Å². The number of carbonyl (C=O) groups excluding carboxylic acids is 1. The molecule has 0 radical (unpaired) electrons. The molecule has 7 nitrogen and oxygen atoms in total. The molecule has 0 atom stereocenters. The Balaban J connectivity index is 1.24. The van der Waals surface area contributed by atoms with Crippen LogP contribution >= 0.6 is 0 Å². The highest BCUT2D eigenvalue weighted by Crippen LogP contribution is 2.20. The summed E-state index contributed by atoms with van der Waals surface area (Å²) in [5.74, 6) is 1.11. The summed E-state index contributed by atoms with van der Waals surface area (Å²) in [5, 5.41) is 20.7. The molecule has 3 aromatic carbocycles. The number of benzene rings is 3. The highest BCUT2D eigenvalue weighted by molar-refractivity contribution is 6.06. The van der Waals surface area contributed by atoms with Crippen LogP contribution in [0, 0.1) is 0 Å². The lowest BCUT2D eigenvalue weighted by Crippen LogP contribution is -2.11. The Labute approximate surface area is 178 Å². The lowest BCUT2D eigenvalue weighted by Gasteiger charge is -2.09. The van der Waals surface area contributed by atoms with Crippen LogP contribution < -0.4 is 10.6 Å². The Morgan fingerprint density at radius 1 is 0.774 bits per heavy atom. The second-order valence-corrected chi connectivity index (χ2v) is 6.95. The molecular formula is C24H18N6O. The van der Waals surface area contributed by atoms with Crippen LogP contribution in [-0.2, 0) is 0 Å². The maximum absolute atomic E-state index is 12.6. The number of nitrogens with one attached hydrogen (secondary N) is 2. The predicted octanol–water partition coefficient (Wildman–Crippen LogP) is 4.81. The summed E-state index contributed by atoms with van der Waals surface area (Å²) in [6.45, 7) is 0. The third-order valence-corrected chi connectivity index (χ3v) is 4.82. The first-order valence-corrected chi connectivity index (χ1v) is 9.76. The van der Waals surface area contributed by atoms with Gasteiger partial charge < -0.3 is 10.6 Å². The predicted molar refractivity (Wildman–Crippen MR) is 121 cm³/mol. The molecule has 2 N–H and O–H groups in total. The van der Waals surface area contributed by atoms with Gasteiger partial charge in [0.25, 0.3) is 5.91 Å². The highest BCUT2D eigenvalue weighted by atomic mass is 16.1. The summed E-state index contributed by atoms with van der Waals surface area (Å²) < 4.78 is 1.64. The number of carbonyl (C=O) groups is 1. The SMILES string of the molecule is O=C(Nc1ccc(Nc2ccc(-n3cccn3)nn2)cc1)c1ccc2ccccc2c1. The largest absolute Gasteiger partial charge is 0.339 e. The molecule has 0 aliphatic carbocycles. The van der Waals surface area contributed by atoms with E-state index in [1.165, 1.54) is 0 Å². The molecule has 0 bridgehead atoms. The number of anilines is 3. The molecular weight excluding hydrogens is 388 g/mol. The van der Waals surface area contributed by atoms with Crippen molar-refractivity contribution in [1.82, 2.24) is 20.0 Å². The van der Waals surface area contributed by atoms with Crippen molar-refractivity contribution in [2.24, 2.45) is 0 Å². The van der Waals surface area contributed by atoms with E-state index in [9.17, 15) is 4.79 Å². The van der Waals surface area contributed by atoms with E-state index >= 15 is 0 Å². The number of fused-ring (bicyclic) bond motifs is 1. The third-order valence-electron chi connectivity index (χ3n) is 4.82. The van der Waals surface area contributed by atoms with Gasteiger partial charge in [-0.1, -0.05) is 30.3 Å². The summed E-state index contributed by atoms with van der Waals surface area (Å²) >= 11 is 0. The van der Waals surface area contributed by atoms with Crippen LogP contribution in [-0.4, -0.2) is 25.9 Å². The Kier molecular flexibility index (Phi) is 4.82. The molecule has 0 aliphatic heterocycles. The summed E-state index contributed by atoms with van der Waals surface area (Å²) in [7, 11) is 0. The van der Waals surface area contributed by atoms with Crippen LogP contribution in [0.4, 0.5) is 17.2 Å². The van der Waals surface area contributed by atoms with E-state index in [1.54, 1.807) is 10.9 Å². The maximum atomic E-state index is 12.6. The van der Waals surface area contributed by atoms with Crippen molar-refractivity contribution < 1.29 is 4.79 Å². The quantitative estimate of drug-likeness (QED) is 0.437. The van der Waals surface area contributed by atoms with Gasteiger partial charge in [-0.3, -0.25) is 4.79 Å². The van der Waals surface area contributed by atoms with Crippen molar-refractivity contribution >= 4 is 33.9 Å². The van der Waals surface area contributed by atoms with Gasteiger partial charge in [-0.15, -0.1) is 10.2 Å². The van der Waals surface area contributed by atoms with Crippen LogP contribution in [0.2, 0.25) is 0 Å². The monoisotopic (exact) mass is 406 g/mol. The fraction of sp³-hybridized carbons (Fsp3) is 0. The summed E-state index contributed by atoms with van der Waals surface area (Å²) in [6.07, 6.45) is 3.50. The van der Waals surface area contributed by atoms with Crippen LogP contribution in [0.15, 0.2) is 97.3 Å². The molecule has 0 spiro atoms. The molecule has 5 rings (SSSR count). The minimum absolute atomic E-state index is 0.147. The zero-order valence-electron chi connectivity index (χ0n) is 16.4. The van der Waals surface area contributed by atoms with Crippen LogP contribution in [0.3, 0.4) is 0 Å². The van der Waals surface area contributed by atoms with E-state index in [2.05, 4.69) is 25.9 Å². The Bertz CT molecular complexity index is 1330. The molecule has 7 heteroatoms. The number of nitrogens with zero attached hydrogens (tertiary/aromatic N) is 4. The van der Waals surface area contributed by atoms with Crippen molar-refractivity contribution in [2.75, 3.05) is 10.6 Å². The molecule has 0 fully saturated rings. The summed E-state index contributed by atoms with van der Waals surface area (Å²) in [5.41, 5.74) is 2.17. The summed E-state index contributed by atoms with van der Waals surface area (Å²) in [6, 6.07) is 26.6. The normalized spacial score (nSPS) is 10.7. The minimum atomic E-state index is -0.147. The van der Waals surface area contributed by atoms with Gasteiger partial charge in [0, 0.05) is 29.3 Å². The Hall–Kier alpha value is -4.52. The molecule has 0 saturated carbocycles. The summed E-state index contributed by atoms with van der Waals surface area (Å²) in [4.78, 5) is 12.6. The molecule has 5 aromatic rings. The smallest absolute Gasteiger partial charge is 0.255 e. The second-order valence-electron chi connectivity index (χ2n) is 6.95. The fourth-order valence-corrected chi connectivity index (χ4v) is 3.24. The van der Waals surface area contributed by atoms with Gasteiger partial charge in [-0.2, -0.15) is 5.10 Å². The van der Waals surface area contributed by atoms with Gasteiger partial charge in [0.05, 0.1) is 0 Å². The van der Waals surface area contributed by atoms with Gasteiger partial charge in [0.15, 0.2) is 11.6 Å². The average molecular weight is 406 g/mol. The van der Waals surface area contributed by atoms with Crippen molar-refractivity contribution in [1.29, 1.82) is 0 Å². The maximum Gasteiger partial charge on any atom is 0.255 e. The lowest BCUT2D eigenvalue weighted by molar-refractivity contribution is 0.102. The van der Waals surface area contributed by atoms with Crippen molar-refractivity contribution in [3.63, 3.8) is 0 Å². The first kappa shape index (κ1) is 18.5. The van der Waals surface area contributed by atoms with Crippen molar-refractivity contribution in [2.45, 2.75) is 0 Å². The Morgan fingerprint density at radius 3 is 2.32 bits per heavy atom. The van der Waals surface area contributed by atoms with Gasteiger partial charge >= 0.3 is 0 Å². The number of aromatic nitrogens is 4. The van der Waals surface area contributed by atoms with Crippen molar-refractivity contribution in [3.8, 4) is 5.82 Å². The van der Waals surface area contributed by atoms with Gasteiger partial charge in [-0.25, -0.2) is 4.68 Å². The van der Waals surface area contributed by atoms with Gasteiger partial charge in [-0.05, 0) is 65.4 Å². The van der Waals surface area contributed by atoms with Crippen LogP contribution in [0.1, 0.15) is 10.4 Å². The average Bonchev–Trinajstić information content (AvgIpc) is 3.35. The first-order chi connectivity index (χ1) is 15.2. The standard InChI is InChI=1S/C24H18N6O/c31-24(19-7-6-17-4-1-2-5-18(17)16-19)27-21-10-8-20(9-11-21)26-22-12-13-23(29-28-22)30-15-3-14-25-30/h1-16H,(H,26,28)(H,27,31). The van der Waals surface area contributed by atoms with E-state index in [0.29, 0.717) is 22.9 Å². The molecule has 0 saturated heterocycles. The molecule has 1 amide bonds. The zero-order chi connectivity index (χ0) is 21.0. The number of hydrogen-bond acceptors (Lipinski definition) is 5. The third kappa shape index (κ3) is 4.11. The van der Waals surface area contributed by atoms with E-state index < -0.39 is 0 Å². The number of rotatable bonds is 5. The number of amides is 1. The molecule has 2 aromatic heterocycles. The van der Waals surface area contributed by atoms with Crippen LogP contribution in [0.25, 0.3) is 16.6 Å². The molecule has 150 valence electrons. The highest BCUT2D eigenvalue weighted by Gasteiger charge is 2.07. The zero-order valence-corrected chi connectivity index (χ0v) is 16.4. The molecule has 31 heavy (non-hydrogen) atoms. The lowest BCUT2D eigenvalue weighted by atomic mass is 10.1. The van der Waals surface area contributed by atoms with E-state index in [0.717, 1.165) is 16.5 Å². The fourth-order valence-electron chi connectivity index (χ4n) is 3.24.